The fourth-order valence-corrected chi connectivity index (χ4v) is 2.51. The second kappa shape index (κ2) is 8.20. The van der Waals surface area contributed by atoms with Gasteiger partial charge in [0.15, 0.2) is 0 Å². The third-order valence-electron chi connectivity index (χ3n) is 2.97. The number of benzene rings is 1. The van der Waals surface area contributed by atoms with Crippen molar-refractivity contribution in [2.24, 2.45) is 0 Å². The molecule has 0 radical (unpaired) electrons. The zero-order chi connectivity index (χ0) is 13.4. The molecule has 0 spiro atoms. The number of carbonyl (C=O) groups excluding carboxylic acids is 1. The van der Waals surface area contributed by atoms with E-state index in [4.69, 9.17) is 0 Å². The Labute approximate surface area is 115 Å². The molecule has 0 saturated carbocycles. The standard InChI is InChI=1S/C15H23NOS/c1-4-14(5-2)16-15(17)11-18-10-13-8-6-12(3)7-9-13/h6-9,14H,4-5,10-11H2,1-3H3,(H,16,17). The second-order valence-corrected chi connectivity index (χ2v) is 5.54. The van der Waals surface area contributed by atoms with Crippen molar-refractivity contribution in [1.29, 1.82) is 0 Å². The normalized spacial score (nSPS) is 10.7. The average Bonchev–Trinajstić information content (AvgIpc) is 2.38. The molecular formula is C15H23NOS. The highest BCUT2D eigenvalue weighted by Crippen LogP contribution is 2.12. The lowest BCUT2D eigenvalue weighted by atomic mass is 10.2. The van der Waals surface area contributed by atoms with Crippen LogP contribution in [0.2, 0.25) is 0 Å². The molecule has 18 heavy (non-hydrogen) atoms. The van der Waals surface area contributed by atoms with E-state index in [0.717, 1.165) is 18.6 Å². The highest BCUT2D eigenvalue weighted by molar-refractivity contribution is 7.99. The van der Waals surface area contributed by atoms with E-state index in [1.165, 1.54) is 11.1 Å². The number of hydrogen-bond donors (Lipinski definition) is 1. The van der Waals surface area contributed by atoms with E-state index in [1.807, 2.05) is 0 Å². The predicted molar refractivity (Wildman–Crippen MR) is 79.9 cm³/mol. The second-order valence-electron chi connectivity index (χ2n) is 4.56. The molecular weight excluding hydrogens is 242 g/mol. The molecule has 100 valence electrons. The van der Waals surface area contributed by atoms with Crippen LogP contribution in [0.4, 0.5) is 0 Å². The van der Waals surface area contributed by atoms with Gasteiger partial charge >= 0.3 is 0 Å². The molecule has 1 N–H and O–H groups in total. The Morgan fingerprint density at radius 2 is 1.83 bits per heavy atom. The largest absolute Gasteiger partial charge is 0.353 e. The first-order valence-corrected chi connectivity index (χ1v) is 7.73. The van der Waals surface area contributed by atoms with E-state index in [1.54, 1.807) is 11.8 Å². The van der Waals surface area contributed by atoms with Gasteiger partial charge in [-0.25, -0.2) is 0 Å². The summed E-state index contributed by atoms with van der Waals surface area (Å²) in [4.78, 5) is 11.7. The summed E-state index contributed by atoms with van der Waals surface area (Å²) in [5.74, 6) is 1.60. The lowest BCUT2D eigenvalue weighted by molar-refractivity contribution is -0.119. The third kappa shape index (κ3) is 5.58. The molecule has 0 aliphatic carbocycles. The SMILES string of the molecule is CCC(CC)NC(=O)CSCc1ccc(C)cc1. The van der Waals surface area contributed by atoms with E-state index >= 15 is 0 Å². The molecule has 2 nitrogen and oxygen atoms in total. The molecule has 0 aromatic heterocycles. The predicted octanol–water partition coefficient (Wildman–Crippen LogP) is 3.53. The van der Waals surface area contributed by atoms with Crippen molar-refractivity contribution >= 4 is 17.7 Å². The van der Waals surface area contributed by atoms with Gasteiger partial charge in [-0.1, -0.05) is 43.7 Å². The van der Waals surface area contributed by atoms with Gasteiger partial charge in [-0.05, 0) is 25.3 Å². The molecule has 0 unspecified atom stereocenters. The van der Waals surface area contributed by atoms with Crippen molar-refractivity contribution in [3.63, 3.8) is 0 Å². The first kappa shape index (κ1) is 15.1. The van der Waals surface area contributed by atoms with Gasteiger partial charge in [0.1, 0.15) is 0 Å². The van der Waals surface area contributed by atoms with Gasteiger partial charge in [-0.2, -0.15) is 0 Å². The molecule has 0 fully saturated rings. The van der Waals surface area contributed by atoms with Crippen molar-refractivity contribution in [2.75, 3.05) is 5.75 Å². The topological polar surface area (TPSA) is 29.1 Å². The van der Waals surface area contributed by atoms with Gasteiger partial charge in [0, 0.05) is 11.8 Å². The number of amides is 1. The van der Waals surface area contributed by atoms with Gasteiger partial charge in [-0.15, -0.1) is 11.8 Å². The third-order valence-corrected chi connectivity index (χ3v) is 3.98. The highest BCUT2D eigenvalue weighted by Gasteiger charge is 2.07. The molecule has 1 aromatic carbocycles. The van der Waals surface area contributed by atoms with Gasteiger partial charge in [0.25, 0.3) is 0 Å². The number of carbonyl (C=O) groups is 1. The number of nitrogens with one attached hydrogen (secondary N) is 1. The van der Waals surface area contributed by atoms with Crippen LogP contribution in [0.3, 0.4) is 0 Å². The van der Waals surface area contributed by atoms with Crippen LogP contribution in [0.5, 0.6) is 0 Å². The number of thioether (sulfide) groups is 1. The van der Waals surface area contributed by atoms with Crippen molar-refractivity contribution in [3.05, 3.63) is 35.4 Å². The molecule has 0 aliphatic rings. The molecule has 1 amide bonds. The Kier molecular flexibility index (Phi) is 6.88. The summed E-state index contributed by atoms with van der Waals surface area (Å²) in [6, 6.07) is 8.81. The van der Waals surface area contributed by atoms with Crippen LogP contribution in [-0.4, -0.2) is 17.7 Å². The van der Waals surface area contributed by atoms with Gasteiger partial charge < -0.3 is 5.32 Å². The maximum atomic E-state index is 11.7. The van der Waals surface area contributed by atoms with Crippen LogP contribution < -0.4 is 5.32 Å². The number of hydrogen-bond acceptors (Lipinski definition) is 2. The molecule has 1 aromatic rings. The Hall–Kier alpha value is -0.960. The highest BCUT2D eigenvalue weighted by atomic mass is 32.2. The summed E-state index contributed by atoms with van der Waals surface area (Å²) < 4.78 is 0. The summed E-state index contributed by atoms with van der Waals surface area (Å²) >= 11 is 1.67. The minimum absolute atomic E-state index is 0.154. The van der Waals surface area contributed by atoms with E-state index in [-0.39, 0.29) is 5.91 Å². The first-order valence-electron chi connectivity index (χ1n) is 6.58. The molecule has 1 rings (SSSR count). The van der Waals surface area contributed by atoms with Crippen LogP contribution in [0.15, 0.2) is 24.3 Å². The maximum absolute atomic E-state index is 11.7. The van der Waals surface area contributed by atoms with Crippen LogP contribution in [-0.2, 0) is 10.5 Å². The lowest BCUT2D eigenvalue weighted by Gasteiger charge is -2.14. The molecule has 0 saturated heterocycles. The summed E-state index contributed by atoms with van der Waals surface area (Å²) in [5.41, 5.74) is 2.55. The zero-order valence-electron chi connectivity index (χ0n) is 11.5. The van der Waals surface area contributed by atoms with Crippen LogP contribution in [0.1, 0.15) is 37.8 Å². The maximum Gasteiger partial charge on any atom is 0.230 e. The Morgan fingerprint density at radius 1 is 1.22 bits per heavy atom. The van der Waals surface area contributed by atoms with Crippen molar-refractivity contribution < 1.29 is 4.79 Å². The van der Waals surface area contributed by atoms with Gasteiger partial charge in [0.05, 0.1) is 5.75 Å². The van der Waals surface area contributed by atoms with Crippen molar-refractivity contribution in [3.8, 4) is 0 Å². The van der Waals surface area contributed by atoms with E-state index < -0.39 is 0 Å². The van der Waals surface area contributed by atoms with Crippen molar-refractivity contribution in [2.45, 2.75) is 45.4 Å². The molecule has 0 heterocycles. The smallest absolute Gasteiger partial charge is 0.230 e. The molecule has 0 aliphatic heterocycles. The summed E-state index contributed by atoms with van der Waals surface area (Å²) in [6.07, 6.45) is 2.01. The minimum Gasteiger partial charge on any atom is -0.353 e. The van der Waals surface area contributed by atoms with Crippen molar-refractivity contribution in [1.82, 2.24) is 5.32 Å². The monoisotopic (exact) mass is 265 g/mol. The Bertz CT molecular complexity index is 357. The molecule has 0 bridgehead atoms. The van der Waals surface area contributed by atoms with Crippen LogP contribution >= 0.6 is 11.8 Å². The lowest BCUT2D eigenvalue weighted by Crippen LogP contribution is -2.35. The Balaban J connectivity index is 2.25. The van der Waals surface area contributed by atoms with E-state index in [2.05, 4.69) is 50.4 Å². The zero-order valence-corrected chi connectivity index (χ0v) is 12.3. The number of rotatable bonds is 7. The minimum atomic E-state index is 0.154. The quantitative estimate of drug-likeness (QED) is 0.817. The number of aryl methyl sites for hydroxylation is 1. The van der Waals surface area contributed by atoms with Crippen LogP contribution in [0, 0.1) is 6.92 Å². The van der Waals surface area contributed by atoms with Gasteiger partial charge in [-0.3, -0.25) is 4.79 Å². The van der Waals surface area contributed by atoms with E-state index in [0.29, 0.717) is 11.8 Å². The molecule has 0 atom stereocenters. The Morgan fingerprint density at radius 3 is 2.39 bits per heavy atom. The molecule has 3 heteroatoms. The van der Waals surface area contributed by atoms with E-state index in [9.17, 15) is 4.79 Å². The summed E-state index contributed by atoms with van der Waals surface area (Å²) in [5, 5.41) is 3.05. The first-order chi connectivity index (χ1) is 8.65. The van der Waals surface area contributed by atoms with Crippen LogP contribution in [0.25, 0.3) is 0 Å². The van der Waals surface area contributed by atoms with Gasteiger partial charge in [0.2, 0.25) is 5.91 Å². The average molecular weight is 265 g/mol. The fraction of sp³-hybridized carbons (Fsp3) is 0.533. The fourth-order valence-electron chi connectivity index (χ4n) is 1.71. The summed E-state index contributed by atoms with van der Waals surface area (Å²) in [6.45, 7) is 6.29. The summed E-state index contributed by atoms with van der Waals surface area (Å²) in [7, 11) is 0.